The third-order valence-corrected chi connectivity index (χ3v) is 3.91. The molecule has 0 amide bonds. The second-order valence-electron chi connectivity index (χ2n) is 4.63. The van der Waals surface area contributed by atoms with Crippen molar-refractivity contribution in [1.29, 1.82) is 0 Å². The number of carbonyl (C=O) groups is 1. The maximum absolute atomic E-state index is 10.8. The zero-order chi connectivity index (χ0) is 14.9. The average Bonchev–Trinajstić information content (AvgIpc) is 2.86. The van der Waals surface area contributed by atoms with Gasteiger partial charge in [0.05, 0.1) is 24.1 Å². The first-order chi connectivity index (χ1) is 9.45. The molecule has 1 N–H and O–H groups in total. The molecule has 0 aliphatic carbocycles. The van der Waals surface area contributed by atoms with E-state index in [1.165, 1.54) is 11.8 Å². The van der Waals surface area contributed by atoms with E-state index in [4.69, 9.17) is 9.84 Å². The molecule has 0 bridgehead atoms. The molecule has 0 aromatic carbocycles. The number of ether oxygens (including phenoxy) is 1. The van der Waals surface area contributed by atoms with Gasteiger partial charge in [0, 0.05) is 14.2 Å². The van der Waals surface area contributed by atoms with Gasteiger partial charge in [-0.15, -0.1) is 0 Å². The molecule has 20 heavy (non-hydrogen) atoms. The van der Waals surface area contributed by atoms with Crippen molar-refractivity contribution in [3.05, 3.63) is 5.69 Å². The fraction of sp³-hybridized carbons (Fsp3) is 0.583. The van der Waals surface area contributed by atoms with Crippen molar-refractivity contribution in [3.63, 3.8) is 0 Å². The zero-order valence-electron chi connectivity index (χ0n) is 12.0. The number of fused-ring (bicyclic) bond motifs is 1. The van der Waals surface area contributed by atoms with Crippen LogP contribution in [0.2, 0.25) is 0 Å². The highest BCUT2D eigenvalue weighted by atomic mass is 32.2. The van der Waals surface area contributed by atoms with Gasteiger partial charge >= 0.3 is 5.97 Å². The van der Waals surface area contributed by atoms with Crippen LogP contribution in [0.25, 0.3) is 11.2 Å². The molecule has 7 nitrogen and oxygen atoms in total. The smallest absolute Gasteiger partial charge is 0.313 e. The van der Waals surface area contributed by atoms with Gasteiger partial charge in [0.2, 0.25) is 0 Å². The van der Waals surface area contributed by atoms with Crippen LogP contribution in [0.5, 0.6) is 0 Å². The summed E-state index contributed by atoms with van der Waals surface area (Å²) in [6, 6.07) is 0.0519. The molecule has 0 aliphatic rings. The van der Waals surface area contributed by atoms with E-state index in [2.05, 4.69) is 10.1 Å². The van der Waals surface area contributed by atoms with Crippen molar-refractivity contribution in [2.75, 3.05) is 19.5 Å². The van der Waals surface area contributed by atoms with E-state index in [9.17, 15) is 4.79 Å². The molecule has 0 spiro atoms. The maximum atomic E-state index is 10.8. The molecule has 2 aromatic heterocycles. The Bertz CT molecular complexity index is 634. The average molecular weight is 298 g/mol. The van der Waals surface area contributed by atoms with Crippen LogP contribution in [0.4, 0.5) is 0 Å². The van der Waals surface area contributed by atoms with Gasteiger partial charge in [-0.1, -0.05) is 11.8 Å². The Labute approximate surface area is 120 Å². The molecular weight excluding hydrogens is 280 g/mol. The minimum atomic E-state index is -0.858. The number of nitrogens with zero attached hydrogens (tertiary/aromatic N) is 4. The van der Waals surface area contributed by atoms with Gasteiger partial charge in [-0.05, 0) is 13.8 Å². The van der Waals surface area contributed by atoms with Crippen molar-refractivity contribution in [2.45, 2.75) is 25.0 Å². The fourth-order valence-electron chi connectivity index (χ4n) is 2.22. The summed E-state index contributed by atoms with van der Waals surface area (Å²) in [5.41, 5.74) is 2.53. The van der Waals surface area contributed by atoms with Gasteiger partial charge in [-0.3, -0.25) is 14.0 Å². The first-order valence-electron chi connectivity index (χ1n) is 6.20. The number of hydrogen-bond donors (Lipinski definition) is 1. The Morgan fingerprint density at radius 2 is 2.25 bits per heavy atom. The molecule has 1 atom stereocenters. The number of aromatic nitrogens is 4. The standard InChI is InChI=1S/C12H18N4O3S/c1-7(5-19-4)16-11-10(8(2)14-15(11)3)13-12(16)20-6-9(17)18/h7H,5-6H2,1-4H3,(H,17,18). The fourth-order valence-corrected chi connectivity index (χ4v) is 3.03. The van der Waals surface area contributed by atoms with Gasteiger partial charge in [0.25, 0.3) is 0 Å². The number of carboxylic acids is 1. The third-order valence-electron chi connectivity index (χ3n) is 2.98. The van der Waals surface area contributed by atoms with E-state index < -0.39 is 5.97 Å². The number of aryl methyl sites for hydroxylation is 2. The van der Waals surface area contributed by atoms with E-state index in [0.29, 0.717) is 11.8 Å². The van der Waals surface area contributed by atoms with E-state index >= 15 is 0 Å². The molecule has 2 aromatic rings. The summed E-state index contributed by atoms with van der Waals surface area (Å²) >= 11 is 1.21. The highest BCUT2D eigenvalue weighted by molar-refractivity contribution is 7.99. The molecule has 0 saturated carbocycles. The molecule has 0 aliphatic heterocycles. The highest BCUT2D eigenvalue weighted by Crippen LogP contribution is 2.29. The second kappa shape index (κ2) is 5.84. The summed E-state index contributed by atoms with van der Waals surface area (Å²) in [6.45, 7) is 4.43. The Hall–Kier alpha value is -1.54. The second-order valence-corrected chi connectivity index (χ2v) is 5.57. The predicted octanol–water partition coefficient (Wildman–Crippen LogP) is 1.46. The Morgan fingerprint density at radius 3 is 2.85 bits per heavy atom. The number of aliphatic carboxylic acids is 1. The molecule has 0 radical (unpaired) electrons. The topological polar surface area (TPSA) is 82.2 Å². The number of imidazole rings is 1. The number of thioether (sulfide) groups is 1. The molecule has 0 fully saturated rings. The van der Waals surface area contributed by atoms with Gasteiger partial charge in [-0.2, -0.15) is 5.10 Å². The Balaban J connectivity index is 2.51. The lowest BCUT2D eigenvalue weighted by Gasteiger charge is -2.16. The van der Waals surface area contributed by atoms with Crippen molar-refractivity contribution in [1.82, 2.24) is 19.3 Å². The van der Waals surface area contributed by atoms with E-state index in [1.54, 1.807) is 11.8 Å². The number of carboxylic acid groups (broad SMARTS) is 1. The third kappa shape index (κ3) is 2.66. The van der Waals surface area contributed by atoms with Crippen LogP contribution in [0, 0.1) is 6.92 Å². The zero-order valence-corrected chi connectivity index (χ0v) is 12.8. The molecule has 8 heteroatoms. The van der Waals surface area contributed by atoms with Crippen LogP contribution in [0.3, 0.4) is 0 Å². The molecule has 2 rings (SSSR count). The quantitative estimate of drug-likeness (QED) is 0.813. The van der Waals surface area contributed by atoms with Crippen LogP contribution in [-0.2, 0) is 16.6 Å². The van der Waals surface area contributed by atoms with E-state index in [1.807, 2.05) is 25.5 Å². The van der Waals surface area contributed by atoms with Gasteiger partial charge in [0.15, 0.2) is 10.8 Å². The van der Waals surface area contributed by atoms with Crippen molar-refractivity contribution in [2.24, 2.45) is 7.05 Å². The first-order valence-corrected chi connectivity index (χ1v) is 7.19. The van der Waals surface area contributed by atoms with Crippen LogP contribution in [-0.4, -0.2) is 49.9 Å². The van der Waals surface area contributed by atoms with Gasteiger partial charge in [-0.25, -0.2) is 4.98 Å². The van der Waals surface area contributed by atoms with Crippen molar-refractivity contribution < 1.29 is 14.6 Å². The lowest BCUT2D eigenvalue weighted by Crippen LogP contribution is -2.14. The van der Waals surface area contributed by atoms with Crippen molar-refractivity contribution >= 4 is 28.9 Å². The van der Waals surface area contributed by atoms with Crippen LogP contribution >= 0.6 is 11.8 Å². The minimum absolute atomic E-state index is 0.0184. The van der Waals surface area contributed by atoms with Gasteiger partial charge in [0.1, 0.15) is 5.52 Å². The maximum Gasteiger partial charge on any atom is 0.313 e. The van der Waals surface area contributed by atoms with E-state index in [0.717, 1.165) is 16.9 Å². The molecule has 1 unspecified atom stereocenters. The normalized spacial score (nSPS) is 13.0. The van der Waals surface area contributed by atoms with Crippen LogP contribution < -0.4 is 0 Å². The highest BCUT2D eigenvalue weighted by Gasteiger charge is 2.21. The van der Waals surface area contributed by atoms with Gasteiger partial charge < -0.3 is 9.84 Å². The van der Waals surface area contributed by atoms with Crippen LogP contribution in [0.1, 0.15) is 18.7 Å². The van der Waals surface area contributed by atoms with E-state index in [-0.39, 0.29) is 11.8 Å². The summed E-state index contributed by atoms with van der Waals surface area (Å²) in [7, 11) is 3.50. The number of hydrogen-bond acceptors (Lipinski definition) is 5. The lowest BCUT2D eigenvalue weighted by molar-refractivity contribution is -0.133. The lowest BCUT2D eigenvalue weighted by atomic mass is 10.3. The molecular formula is C12H18N4O3S. The number of methoxy groups -OCH3 is 1. The minimum Gasteiger partial charge on any atom is -0.481 e. The Morgan fingerprint density at radius 1 is 1.55 bits per heavy atom. The molecule has 0 saturated heterocycles. The predicted molar refractivity (Wildman–Crippen MR) is 76.2 cm³/mol. The summed E-state index contributed by atoms with van der Waals surface area (Å²) in [5, 5.41) is 13.9. The Kier molecular flexibility index (Phi) is 4.34. The molecule has 2 heterocycles. The van der Waals surface area contributed by atoms with Crippen LogP contribution in [0.15, 0.2) is 5.16 Å². The summed E-state index contributed by atoms with van der Waals surface area (Å²) in [4.78, 5) is 15.3. The molecule has 110 valence electrons. The summed E-state index contributed by atoms with van der Waals surface area (Å²) in [5.74, 6) is -0.877. The monoisotopic (exact) mass is 298 g/mol. The summed E-state index contributed by atoms with van der Waals surface area (Å²) < 4.78 is 8.96. The number of rotatable bonds is 6. The van der Waals surface area contributed by atoms with Crippen molar-refractivity contribution in [3.8, 4) is 0 Å². The summed E-state index contributed by atoms with van der Waals surface area (Å²) in [6.07, 6.45) is 0. The first kappa shape index (κ1) is 14.9. The largest absolute Gasteiger partial charge is 0.481 e. The SMILES string of the molecule is COCC(C)n1c(SCC(=O)O)nc2c(C)nn(C)c21.